The van der Waals surface area contributed by atoms with Crippen LogP contribution in [0.4, 0.5) is 0 Å². The van der Waals surface area contributed by atoms with Gasteiger partial charge >= 0.3 is 5.97 Å². The van der Waals surface area contributed by atoms with Crippen LogP contribution in [0.3, 0.4) is 0 Å². The lowest BCUT2D eigenvalue weighted by molar-refractivity contribution is -0.151. The Morgan fingerprint density at radius 3 is 2.45 bits per heavy atom. The molecule has 0 heterocycles. The molecule has 0 bridgehead atoms. The van der Waals surface area contributed by atoms with E-state index in [9.17, 15) is 4.79 Å². The molecule has 0 aromatic rings. The number of hydrogen-bond donors (Lipinski definition) is 2. The van der Waals surface area contributed by atoms with Crippen LogP contribution < -0.4 is 0 Å². The van der Waals surface area contributed by atoms with Gasteiger partial charge in [0.15, 0.2) is 0 Å². The molecule has 0 aromatic carbocycles. The normalized spacial score (nSPS) is 15.6. The van der Waals surface area contributed by atoms with E-state index in [1.54, 1.807) is 6.92 Å². The van der Waals surface area contributed by atoms with E-state index in [1.165, 1.54) is 6.92 Å². The van der Waals surface area contributed by atoms with Crippen LogP contribution >= 0.6 is 0 Å². The zero-order valence-electron chi connectivity index (χ0n) is 6.78. The quantitative estimate of drug-likeness (QED) is 0.556. The van der Waals surface area contributed by atoms with E-state index in [1.807, 2.05) is 0 Å². The average Bonchev–Trinajstić information content (AvgIpc) is 1.85. The monoisotopic (exact) mass is 162 g/mol. The minimum absolute atomic E-state index is 0.0235. The molecule has 0 aliphatic heterocycles. The zero-order valence-corrected chi connectivity index (χ0v) is 6.78. The molecule has 0 aliphatic carbocycles. The van der Waals surface area contributed by atoms with Crippen LogP contribution in [0.15, 0.2) is 0 Å². The Hall–Kier alpha value is -0.610. The largest absolute Gasteiger partial charge is 0.460 e. The first-order chi connectivity index (χ1) is 5.06. The zero-order chi connectivity index (χ0) is 8.85. The number of hydrogen-bond acceptors (Lipinski definition) is 4. The topological polar surface area (TPSA) is 66.8 Å². The van der Waals surface area contributed by atoms with Crippen molar-refractivity contribution in [2.45, 2.75) is 32.5 Å². The first-order valence-corrected chi connectivity index (χ1v) is 3.54. The third-order valence-electron chi connectivity index (χ3n) is 1.05. The smallest absolute Gasteiger partial charge is 0.308 e. The van der Waals surface area contributed by atoms with E-state index in [2.05, 4.69) is 4.74 Å². The van der Waals surface area contributed by atoms with Crippen LogP contribution in [-0.4, -0.2) is 35.0 Å². The van der Waals surface area contributed by atoms with Gasteiger partial charge in [-0.1, -0.05) is 0 Å². The van der Waals surface area contributed by atoms with Crippen LogP contribution in [0.5, 0.6) is 0 Å². The molecule has 0 spiro atoms. The van der Waals surface area contributed by atoms with Crippen molar-refractivity contribution in [3.63, 3.8) is 0 Å². The molecule has 11 heavy (non-hydrogen) atoms. The molecule has 0 amide bonds. The van der Waals surface area contributed by atoms with Gasteiger partial charge in [0, 0.05) is 0 Å². The van der Waals surface area contributed by atoms with E-state index in [4.69, 9.17) is 10.2 Å². The summed E-state index contributed by atoms with van der Waals surface area (Å²) in [6, 6.07) is 0. The van der Waals surface area contributed by atoms with Crippen molar-refractivity contribution >= 4 is 5.97 Å². The molecule has 66 valence electrons. The lowest BCUT2D eigenvalue weighted by Crippen LogP contribution is -2.21. The predicted molar refractivity (Wildman–Crippen MR) is 38.9 cm³/mol. The second-order valence-electron chi connectivity index (χ2n) is 2.54. The lowest BCUT2D eigenvalue weighted by atomic mass is 10.3. The second-order valence-corrected chi connectivity index (χ2v) is 2.54. The van der Waals surface area contributed by atoms with Gasteiger partial charge < -0.3 is 14.9 Å². The standard InChI is InChI=1S/C7H14O4/c1-5(9)3-7(10)11-6(2)4-8/h5-6,8-9H,3-4H2,1-2H3/t5-,6?/m1/s1. The Morgan fingerprint density at radius 1 is 1.55 bits per heavy atom. The van der Waals surface area contributed by atoms with Crippen LogP contribution in [0.1, 0.15) is 20.3 Å². The highest BCUT2D eigenvalue weighted by atomic mass is 16.6. The van der Waals surface area contributed by atoms with E-state index in [-0.39, 0.29) is 13.0 Å². The van der Waals surface area contributed by atoms with Gasteiger partial charge in [0.05, 0.1) is 19.1 Å². The maximum atomic E-state index is 10.7. The molecule has 0 rings (SSSR count). The fraction of sp³-hybridized carbons (Fsp3) is 0.857. The third kappa shape index (κ3) is 5.82. The molecule has 0 aliphatic rings. The number of rotatable bonds is 4. The highest BCUT2D eigenvalue weighted by Crippen LogP contribution is 1.96. The van der Waals surface area contributed by atoms with E-state index < -0.39 is 18.2 Å². The van der Waals surface area contributed by atoms with Crippen LogP contribution in [0, 0.1) is 0 Å². The fourth-order valence-electron chi connectivity index (χ4n) is 0.551. The highest BCUT2D eigenvalue weighted by Gasteiger charge is 2.10. The SMILES string of the molecule is CC(CO)OC(=O)C[C@@H](C)O. The first kappa shape index (κ1) is 10.4. The van der Waals surface area contributed by atoms with Crippen LogP contribution in [-0.2, 0) is 9.53 Å². The third-order valence-corrected chi connectivity index (χ3v) is 1.05. The molecule has 0 aromatic heterocycles. The average molecular weight is 162 g/mol. The number of carbonyl (C=O) groups excluding carboxylic acids is 1. The fourth-order valence-corrected chi connectivity index (χ4v) is 0.551. The molecule has 0 saturated carbocycles. The van der Waals surface area contributed by atoms with E-state index in [0.717, 1.165) is 0 Å². The number of esters is 1. The van der Waals surface area contributed by atoms with Gasteiger partial charge in [-0.05, 0) is 13.8 Å². The Labute approximate surface area is 65.8 Å². The van der Waals surface area contributed by atoms with E-state index >= 15 is 0 Å². The van der Waals surface area contributed by atoms with E-state index in [0.29, 0.717) is 0 Å². The van der Waals surface area contributed by atoms with Gasteiger partial charge in [0.1, 0.15) is 6.10 Å². The number of ether oxygens (including phenoxy) is 1. The summed E-state index contributed by atoms with van der Waals surface area (Å²) < 4.78 is 4.66. The summed E-state index contributed by atoms with van der Waals surface area (Å²) in [5.41, 5.74) is 0. The molecule has 2 atom stereocenters. The molecule has 2 N–H and O–H groups in total. The molecular formula is C7H14O4. The second kappa shape index (κ2) is 5.09. The maximum Gasteiger partial charge on any atom is 0.308 e. The summed E-state index contributed by atoms with van der Waals surface area (Å²) >= 11 is 0. The Bertz CT molecular complexity index is 122. The van der Waals surface area contributed by atoms with Crippen molar-refractivity contribution in [2.75, 3.05) is 6.61 Å². The molecule has 0 fully saturated rings. The van der Waals surface area contributed by atoms with Gasteiger partial charge in [-0.3, -0.25) is 4.79 Å². The Morgan fingerprint density at radius 2 is 2.09 bits per heavy atom. The van der Waals surface area contributed by atoms with Crippen molar-refractivity contribution in [3.05, 3.63) is 0 Å². The van der Waals surface area contributed by atoms with Gasteiger partial charge in [-0.15, -0.1) is 0 Å². The summed E-state index contributed by atoms with van der Waals surface area (Å²) in [6.07, 6.45) is -1.20. The first-order valence-electron chi connectivity index (χ1n) is 3.54. The number of carbonyl (C=O) groups is 1. The summed E-state index contributed by atoms with van der Waals surface area (Å²) in [7, 11) is 0. The number of aliphatic hydroxyl groups excluding tert-OH is 2. The van der Waals surface area contributed by atoms with Crippen molar-refractivity contribution in [3.8, 4) is 0 Å². The summed E-state index contributed by atoms with van der Waals surface area (Å²) in [5.74, 6) is -0.485. The van der Waals surface area contributed by atoms with Gasteiger partial charge in [0.2, 0.25) is 0 Å². The lowest BCUT2D eigenvalue weighted by Gasteiger charge is -2.10. The van der Waals surface area contributed by atoms with Gasteiger partial charge in [-0.2, -0.15) is 0 Å². The van der Waals surface area contributed by atoms with Gasteiger partial charge in [-0.25, -0.2) is 0 Å². The molecule has 1 unspecified atom stereocenters. The summed E-state index contributed by atoms with van der Waals surface area (Å²) in [6.45, 7) is 2.90. The van der Waals surface area contributed by atoms with Gasteiger partial charge in [0.25, 0.3) is 0 Å². The minimum Gasteiger partial charge on any atom is -0.460 e. The molecule has 0 radical (unpaired) electrons. The molecule has 4 heteroatoms. The molecule has 0 saturated heterocycles. The highest BCUT2D eigenvalue weighted by molar-refractivity contribution is 5.70. The Kier molecular flexibility index (Phi) is 4.81. The maximum absolute atomic E-state index is 10.7. The minimum atomic E-state index is -0.687. The van der Waals surface area contributed by atoms with Crippen molar-refractivity contribution in [1.82, 2.24) is 0 Å². The van der Waals surface area contributed by atoms with Crippen molar-refractivity contribution in [1.29, 1.82) is 0 Å². The Balaban J connectivity index is 3.52. The number of aliphatic hydroxyl groups is 2. The van der Waals surface area contributed by atoms with Crippen molar-refractivity contribution in [2.24, 2.45) is 0 Å². The van der Waals surface area contributed by atoms with Crippen LogP contribution in [0.2, 0.25) is 0 Å². The molecule has 4 nitrogen and oxygen atoms in total. The molecular weight excluding hydrogens is 148 g/mol. The summed E-state index contributed by atoms with van der Waals surface area (Å²) in [5, 5.41) is 17.2. The predicted octanol–water partition coefficient (Wildman–Crippen LogP) is -0.319. The van der Waals surface area contributed by atoms with Crippen LogP contribution in [0.25, 0.3) is 0 Å². The summed E-state index contributed by atoms with van der Waals surface area (Å²) in [4.78, 5) is 10.7. The van der Waals surface area contributed by atoms with Crippen molar-refractivity contribution < 1.29 is 19.7 Å².